The van der Waals surface area contributed by atoms with Crippen LogP contribution in [0.2, 0.25) is 0 Å². The topological polar surface area (TPSA) is 92.0 Å². The van der Waals surface area contributed by atoms with Crippen molar-refractivity contribution >= 4 is 11.6 Å². The third kappa shape index (κ3) is 5.88. The van der Waals surface area contributed by atoms with E-state index in [1.54, 1.807) is 32.4 Å². The molecule has 124 valence electrons. The van der Waals surface area contributed by atoms with Crippen LogP contribution in [0.4, 0.5) is 5.69 Å². The first-order valence-electron chi connectivity index (χ1n) is 6.97. The van der Waals surface area contributed by atoms with Crippen molar-refractivity contribution in [3.05, 3.63) is 18.2 Å². The van der Waals surface area contributed by atoms with E-state index >= 15 is 0 Å². The van der Waals surface area contributed by atoms with Crippen molar-refractivity contribution in [3.63, 3.8) is 0 Å². The van der Waals surface area contributed by atoms with E-state index in [1.807, 2.05) is 0 Å². The number of rotatable bonds is 10. The fourth-order valence-electron chi connectivity index (χ4n) is 1.78. The molecule has 0 radical (unpaired) electrons. The lowest BCUT2D eigenvalue weighted by Gasteiger charge is -2.14. The van der Waals surface area contributed by atoms with Crippen molar-refractivity contribution in [1.29, 1.82) is 0 Å². The SMILES string of the molecule is COCCOc1cc(NC(=O)CC(CN)OC)ccc1OC. The van der Waals surface area contributed by atoms with E-state index in [9.17, 15) is 4.79 Å². The lowest BCUT2D eigenvalue weighted by molar-refractivity contribution is -0.118. The van der Waals surface area contributed by atoms with Gasteiger partial charge in [0.2, 0.25) is 5.91 Å². The Morgan fingerprint density at radius 2 is 2.00 bits per heavy atom. The van der Waals surface area contributed by atoms with Gasteiger partial charge in [0.1, 0.15) is 6.61 Å². The molecule has 0 saturated heterocycles. The molecule has 7 nitrogen and oxygen atoms in total. The summed E-state index contributed by atoms with van der Waals surface area (Å²) in [5, 5.41) is 2.78. The Hall–Kier alpha value is -1.83. The number of hydrogen-bond donors (Lipinski definition) is 2. The maximum atomic E-state index is 11.9. The highest BCUT2D eigenvalue weighted by Crippen LogP contribution is 2.30. The smallest absolute Gasteiger partial charge is 0.227 e. The maximum Gasteiger partial charge on any atom is 0.227 e. The van der Waals surface area contributed by atoms with Gasteiger partial charge in [0, 0.05) is 32.5 Å². The van der Waals surface area contributed by atoms with Crippen LogP contribution in [0.15, 0.2) is 18.2 Å². The molecule has 0 aliphatic carbocycles. The Balaban J connectivity index is 2.70. The van der Waals surface area contributed by atoms with Gasteiger partial charge in [-0.15, -0.1) is 0 Å². The van der Waals surface area contributed by atoms with E-state index in [0.717, 1.165) is 0 Å². The zero-order chi connectivity index (χ0) is 16.4. The lowest BCUT2D eigenvalue weighted by Crippen LogP contribution is -2.28. The van der Waals surface area contributed by atoms with Gasteiger partial charge in [-0.1, -0.05) is 0 Å². The number of nitrogens with one attached hydrogen (secondary N) is 1. The summed E-state index contributed by atoms with van der Waals surface area (Å²) >= 11 is 0. The Labute approximate surface area is 130 Å². The number of anilines is 1. The Kier molecular flexibility index (Phi) is 8.27. The quantitative estimate of drug-likeness (QED) is 0.627. The average molecular weight is 312 g/mol. The number of carbonyl (C=O) groups excluding carboxylic acids is 1. The minimum atomic E-state index is -0.296. The molecule has 1 amide bonds. The average Bonchev–Trinajstić information content (AvgIpc) is 2.53. The highest BCUT2D eigenvalue weighted by Gasteiger charge is 2.13. The molecule has 0 spiro atoms. The van der Waals surface area contributed by atoms with Crippen LogP contribution in [-0.4, -0.2) is 53.1 Å². The second-order valence-corrected chi connectivity index (χ2v) is 4.55. The molecule has 0 bridgehead atoms. The van der Waals surface area contributed by atoms with E-state index in [-0.39, 0.29) is 25.0 Å². The van der Waals surface area contributed by atoms with Crippen molar-refractivity contribution in [3.8, 4) is 11.5 Å². The number of benzene rings is 1. The molecule has 1 aromatic rings. The third-order valence-electron chi connectivity index (χ3n) is 3.00. The highest BCUT2D eigenvalue weighted by atomic mass is 16.5. The van der Waals surface area contributed by atoms with Gasteiger partial charge in [-0.25, -0.2) is 0 Å². The van der Waals surface area contributed by atoms with Gasteiger partial charge in [0.15, 0.2) is 11.5 Å². The molecule has 0 aliphatic rings. The predicted molar refractivity (Wildman–Crippen MR) is 83.5 cm³/mol. The van der Waals surface area contributed by atoms with Crippen LogP contribution < -0.4 is 20.5 Å². The number of nitrogens with two attached hydrogens (primary N) is 1. The molecule has 0 fully saturated rings. The van der Waals surface area contributed by atoms with Crippen LogP contribution in [0.3, 0.4) is 0 Å². The van der Waals surface area contributed by atoms with Gasteiger partial charge in [0.05, 0.1) is 26.2 Å². The van der Waals surface area contributed by atoms with Crippen LogP contribution >= 0.6 is 0 Å². The number of amides is 1. The third-order valence-corrected chi connectivity index (χ3v) is 3.00. The van der Waals surface area contributed by atoms with Gasteiger partial charge in [0.25, 0.3) is 0 Å². The summed E-state index contributed by atoms with van der Waals surface area (Å²) in [6.45, 7) is 1.15. The molecule has 1 aromatic carbocycles. The zero-order valence-electron chi connectivity index (χ0n) is 13.3. The van der Waals surface area contributed by atoms with Crippen molar-refractivity contribution in [2.75, 3.05) is 46.4 Å². The maximum absolute atomic E-state index is 11.9. The molecular weight excluding hydrogens is 288 g/mol. The highest BCUT2D eigenvalue weighted by molar-refractivity contribution is 5.91. The van der Waals surface area contributed by atoms with Crippen molar-refractivity contribution in [2.45, 2.75) is 12.5 Å². The number of carbonyl (C=O) groups is 1. The lowest BCUT2D eigenvalue weighted by atomic mass is 10.2. The fraction of sp³-hybridized carbons (Fsp3) is 0.533. The number of ether oxygens (including phenoxy) is 4. The minimum Gasteiger partial charge on any atom is -0.493 e. The largest absolute Gasteiger partial charge is 0.493 e. The normalized spacial score (nSPS) is 11.8. The Bertz CT molecular complexity index is 463. The van der Waals surface area contributed by atoms with Gasteiger partial charge in [-0.3, -0.25) is 4.79 Å². The summed E-state index contributed by atoms with van der Waals surface area (Å²) in [5.41, 5.74) is 6.12. The van der Waals surface area contributed by atoms with Gasteiger partial charge < -0.3 is 30.0 Å². The molecule has 0 heterocycles. The molecule has 0 saturated carbocycles. The zero-order valence-corrected chi connectivity index (χ0v) is 13.3. The summed E-state index contributed by atoms with van der Waals surface area (Å²) in [4.78, 5) is 11.9. The number of methoxy groups -OCH3 is 3. The van der Waals surface area contributed by atoms with Crippen LogP contribution in [0, 0.1) is 0 Å². The van der Waals surface area contributed by atoms with Gasteiger partial charge >= 0.3 is 0 Å². The Morgan fingerprint density at radius 1 is 1.23 bits per heavy atom. The van der Waals surface area contributed by atoms with E-state index < -0.39 is 0 Å². The first kappa shape index (κ1) is 18.2. The summed E-state index contributed by atoms with van der Waals surface area (Å²) < 4.78 is 20.8. The minimum absolute atomic E-state index is 0.176. The molecule has 0 aliphatic heterocycles. The second-order valence-electron chi connectivity index (χ2n) is 4.55. The van der Waals surface area contributed by atoms with Crippen LogP contribution in [0.1, 0.15) is 6.42 Å². The monoisotopic (exact) mass is 312 g/mol. The summed E-state index contributed by atoms with van der Waals surface area (Å²) in [5.74, 6) is 0.954. The van der Waals surface area contributed by atoms with E-state index in [4.69, 9.17) is 24.7 Å². The van der Waals surface area contributed by atoms with E-state index in [2.05, 4.69) is 5.32 Å². The number of hydrogen-bond acceptors (Lipinski definition) is 6. The molecule has 3 N–H and O–H groups in total. The first-order chi connectivity index (χ1) is 10.6. The summed E-state index contributed by atoms with van der Waals surface area (Å²) in [6, 6.07) is 5.18. The fourth-order valence-corrected chi connectivity index (χ4v) is 1.78. The van der Waals surface area contributed by atoms with Crippen LogP contribution in [0.25, 0.3) is 0 Å². The van der Waals surface area contributed by atoms with Gasteiger partial charge in [-0.05, 0) is 12.1 Å². The molecule has 22 heavy (non-hydrogen) atoms. The molecule has 1 rings (SSSR count). The molecule has 1 atom stereocenters. The standard InChI is InChI=1S/C15H24N2O5/c1-19-6-7-22-14-8-11(4-5-13(14)21-3)17-15(18)9-12(10-16)20-2/h4-5,8,12H,6-7,9-10,16H2,1-3H3,(H,17,18). The summed E-state index contributed by atoms with van der Waals surface area (Å²) in [7, 11) is 4.68. The van der Waals surface area contributed by atoms with Crippen LogP contribution in [-0.2, 0) is 14.3 Å². The molecule has 7 heteroatoms. The van der Waals surface area contributed by atoms with E-state index in [1.165, 1.54) is 7.11 Å². The second kappa shape index (κ2) is 9.99. The molecule has 1 unspecified atom stereocenters. The van der Waals surface area contributed by atoms with Crippen molar-refractivity contribution < 1.29 is 23.7 Å². The van der Waals surface area contributed by atoms with Crippen LogP contribution in [0.5, 0.6) is 11.5 Å². The molecular formula is C15H24N2O5. The summed E-state index contributed by atoms with van der Waals surface area (Å²) in [6.07, 6.45) is -0.102. The first-order valence-corrected chi connectivity index (χ1v) is 6.97. The van der Waals surface area contributed by atoms with Crippen molar-refractivity contribution in [1.82, 2.24) is 0 Å². The van der Waals surface area contributed by atoms with E-state index in [0.29, 0.717) is 30.4 Å². The van der Waals surface area contributed by atoms with Crippen molar-refractivity contribution in [2.24, 2.45) is 5.73 Å². The predicted octanol–water partition coefficient (Wildman–Crippen LogP) is 1.02. The van der Waals surface area contributed by atoms with Gasteiger partial charge in [-0.2, -0.15) is 0 Å². The molecule has 0 aromatic heterocycles. The Morgan fingerprint density at radius 3 is 2.59 bits per heavy atom.